The Kier molecular flexibility index (Phi) is 4.97. The molecular weight excluding hydrogens is 355 g/mol. The first-order valence-corrected chi connectivity index (χ1v) is 9.10. The third-order valence-electron chi connectivity index (χ3n) is 5.77. The zero-order valence-electron chi connectivity index (χ0n) is 16.7. The SMILES string of the molecule is Cc1nn(C)c(C(F)F)c1C(=O)N1CC=C(B2OC(C)(C)C(C)(C)O2)CC1. The summed E-state index contributed by atoms with van der Waals surface area (Å²) >= 11 is 0. The minimum absolute atomic E-state index is 0.0000157. The lowest BCUT2D eigenvalue weighted by atomic mass is 9.74. The van der Waals surface area contributed by atoms with Gasteiger partial charge in [-0.2, -0.15) is 5.10 Å². The van der Waals surface area contributed by atoms with Gasteiger partial charge in [-0.1, -0.05) is 6.08 Å². The van der Waals surface area contributed by atoms with Gasteiger partial charge in [-0.25, -0.2) is 8.78 Å². The standard InChI is InChI=1S/C18H26BF2N3O3/c1-11-13(14(15(20)21)23(6)22-11)16(25)24-9-7-12(8-10-24)19-26-17(2,3)18(4,5)27-19/h7,15H,8-10H2,1-6H3. The molecule has 0 bridgehead atoms. The van der Waals surface area contributed by atoms with Crippen LogP contribution in [0.15, 0.2) is 11.5 Å². The van der Waals surface area contributed by atoms with Gasteiger partial charge in [-0.15, -0.1) is 0 Å². The highest BCUT2D eigenvalue weighted by molar-refractivity contribution is 6.54. The van der Waals surface area contributed by atoms with Gasteiger partial charge in [0.15, 0.2) is 0 Å². The maximum Gasteiger partial charge on any atom is 0.490 e. The molecular formula is C18H26BF2N3O3. The number of alkyl halides is 2. The summed E-state index contributed by atoms with van der Waals surface area (Å²) in [5.74, 6) is -0.417. The lowest BCUT2D eigenvalue weighted by Gasteiger charge is -2.32. The number of carbonyl (C=O) groups is 1. The third kappa shape index (κ3) is 3.42. The van der Waals surface area contributed by atoms with Gasteiger partial charge in [0.1, 0.15) is 5.69 Å². The van der Waals surface area contributed by atoms with Crippen LogP contribution < -0.4 is 0 Å². The van der Waals surface area contributed by atoms with Crippen molar-refractivity contribution in [3.8, 4) is 0 Å². The number of rotatable bonds is 3. The third-order valence-corrected chi connectivity index (χ3v) is 5.77. The highest BCUT2D eigenvalue weighted by Gasteiger charge is 2.52. The van der Waals surface area contributed by atoms with E-state index in [4.69, 9.17) is 9.31 Å². The molecule has 2 aliphatic rings. The second-order valence-electron chi connectivity index (χ2n) is 8.14. The minimum atomic E-state index is -2.75. The number of aryl methyl sites for hydroxylation is 2. The molecule has 1 aromatic rings. The van der Waals surface area contributed by atoms with E-state index in [-0.39, 0.29) is 11.3 Å². The van der Waals surface area contributed by atoms with Crippen LogP contribution in [0.3, 0.4) is 0 Å². The van der Waals surface area contributed by atoms with Crippen molar-refractivity contribution in [2.24, 2.45) is 7.05 Å². The van der Waals surface area contributed by atoms with Crippen molar-refractivity contribution >= 4 is 13.0 Å². The fraction of sp³-hybridized carbons (Fsp3) is 0.667. The maximum atomic E-state index is 13.4. The number of hydrogen-bond acceptors (Lipinski definition) is 4. The molecule has 2 aliphatic heterocycles. The van der Waals surface area contributed by atoms with Gasteiger partial charge < -0.3 is 14.2 Å². The Morgan fingerprint density at radius 1 is 1.26 bits per heavy atom. The molecule has 0 spiro atoms. The van der Waals surface area contributed by atoms with Crippen LogP contribution in [-0.4, -0.2) is 52.0 Å². The molecule has 6 nitrogen and oxygen atoms in total. The lowest BCUT2D eigenvalue weighted by Crippen LogP contribution is -2.41. The number of halogens is 2. The van der Waals surface area contributed by atoms with E-state index < -0.39 is 30.7 Å². The molecule has 3 rings (SSSR count). The number of aromatic nitrogens is 2. The van der Waals surface area contributed by atoms with Crippen LogP contribution in [0.2, 0.25) is 0 Å². The summed E-state index contributed by atoms with van der Waals surface area (Å²) in [6.45, 7) is 10.3. The molecule has 9 heteroatoms. The molecule has 3 heterocycles. The quantitative estimate of drug-likeness (QED) is 0.756. The van der Waals surface area contributed by atoms with Crippen LogP contribution in [0.25, 0.3) is 0 Å². The Morgan fingerprint density at radius 2 is 1.85 bits per heavy atom. The van der Waals surface area contributed by atoms with Crippen molar-refractivity contribution < 1.29 is 22.9 Å². The van der Waals surface area contributed by atoms with Gasteiger partial charge in [-0.3, -0.25) is 9.48 Å². The van der Waals surface area contributed by atoms with E-state index in [2.05, 4.69) is 5.10 Å². The molecule has 27 heavy (non-hydrogen) atoms. The van der Waals surface area contributed by atoms with Crippen molar-refractivity contribution in [2.75, 3.05) is 13.1 Å². The van der Waals surface area contributed by atoms with Crippen molar-refractivity contribution in [2.45, 2.75) is 58.7 Å². The van der Waals surface area contributed by atoms with Crippen molar-refractivity contribution in [3.63, 3.8) is 0 Å². The normalized spacial score (nSPS) is 21.7. The van der Waals surface area contributed by atoms with E-state index in [1.54, 1.807) is 11.8 Å². The smallest absolute Gasteiger partial charge is 0.400 e. The van der Waals surface area contributed by atoms with Crippen LogP contribution in [0.1, 0.15) is 62.3 Å². The Morgan fingerprint density at radius 3 is 2.33 bits per heavy atom. The monoisotopic (exact) mass is 381 g/mol. The summed E-state index contributed by atoms with van der Waals surface area (Å²) in [7, 11) is 0.988. The molecule has 1 amide bonds. The zero-order valence-corrected chi connectivity index (χ0v) is 16.7. The summed E-state index contributed by atoms with van der Waals surface area (Å²) in [4.78, 5) is 14.4. The summed E-state index contributed by atoms with van der Waals surface area (Å²) in [6.07, 6.45) is -0.279. The van der Waals surface area contributed by atoms with Crippen LogP contribution in [-0.2, 0) is 16.4 Å². The maximum absolute atomic E-state index is 13.4. The van der Waals surface area contributed by atoms with Crippen LogP contribution >= 0.6 is 0 Å². The Balaban J connectivity index is 1.76. The first-order valence-electron chi connectivity index (χ1n) is 9.10. The second-order valence-corrected chi connectivity index (χ2v) is 8.14. The molecule has 0 aliphatic carbocycles. The number of nitrogens with zero attached hydrogens (tertiary/aromatic N) is 3. The molecule has 0 aromatic carbocycles. The predicted octanol–water partition coefficient (Wildman–Crippen LogP) is 3.07. The van der Waals surface area contributed by atoms with E-state index in [9.17, 15) is 13.6 Å². The van der Waals surface area contributed by atoms with E-state index in [1.165, 1.54) is 7.05 Å². The molecule has 148 valence electrons. The first-order chi connectivity index (χ1) is 12.4. The number of hydrogen-bond donors (Lipinski definition) is 0. The number of amides is 1. The topological polar surface area (TPSA) is 56.6 Å². The molecule has 0 unspecified atom stereocenters. The van der Waals surface area contributed by atoms with Gasteiger partial charge >= 0.3 is 7.12 Å². The van der Waals surface area contributed by atoms with Crippen molar-refractivity contribution in [1.29, 1.82) is 0 Å². The predicted molar refractivity (Wildman–Crippen MR) is 97.6 cm³/mol. The fourth-order valence-corrected chi connectivity index (χ4v) is 3.43. The largest absolute Gasteiger partial charge is 0.490 e. The van der Waals surface area contributed by atoms with Crippen LogP contribution in [0.5, 0.6) is 0 Å². The minimum Gasteiger partial charge on any atom is -0.400 e. The average molecular weight is 381 g/mol. The Hall–Kier alpha value is -1.74. The van der Waals surface area contributed by atoms with E-state index in [0.717, 1.165) is 10.2 Å². The van der Waals surface area contributed by atoms with Gasteiger partial charge in [0.25, 0.3) is 12.3 Å². The molecule has 0 radical (unpaired) electrons. The highest BCUT2D eigenvalue weighted by Crippen LogP contribution is 2.39. The zero-order chi connectivity index (χ0) is 20.1. The van der Waals surface area contributed by atoms with Gasteiger partial charge in [0.2, 0.25) is 0 Å². The Bertz CT molecular complexity index is 773. The summed E-state index contributed by atoms with van der Waals surface area (Å²) < 4.78 is 39.9. The second kappa shape index (κ2) is 6.70. The van der Waals surface area contributed by atoms with E-state index >= 15 is 0 Å². The summed E-state index contributed by atoms with van der Waals surface area (Å²) in [6, 6.07) is 0. The van der Waals surface area contributed by atoms with Gasteiger partial charge in [0.05, 0.1) is 22.5 Å². The average Bonchev–Trinajstić information content (AvgIpc) is 2.98. The molecule has 0 atom stereocenters. The summed E-state index contributed by atoms with van der Waals surface area (Å²) in [5.41, 5.74) is 0.112. The first kappa shape index (κ1) is 20.0. The van der Waals surface area contributed by atoms with Gasteiger partial charge in [0, 0.05) is 20.1 Å². The molecule has 0 N–H and O–H groups in total. The van der Waals surface area contributed by atoms with E-state index in [1.807, 2.05) is 33.8 Å². The van der Waals surface area contributed by atoms with Crippen LogP contribution in [0.4, 0.5) is 8.78 Å². The lowest BCUT2D eigenvalue weighted by molar-refractivity contribution is 0.00578. The fourth-order valence-electron chi connectivity index (χ4n) is 3.43. The highest BCUT2D eigenvalue weighted by atomic mass is 19.3. The van der Waals surface area contributed by atoms with Crippen molar-refractivity contribution in [3.05, 3.63) is 28.5 Å². The molecule has 0 saturated carbocycles. The molecule has 1 saturated heterocycles. The van der Waals surface area contributed by atoms with E-state index in [0.29, 0.717) is 25.2 Å². The van der Waals surface area contributed by atoms with Crippen LogP contribution in [0, 0.1) is 6.92 Å². The molecule has 1 fully saturated rings. The van der Waals surface area contributed by atoms with Gasteiger partial charge in [-0.05, 0) is 46.5 Å². The molecule has 1 aromatic heterocycles. The number of carbonyl (C=O) groups excluding carboxylic acids is 1. The Labute approximate surface area is 158 Å². The summed E-state index contributed by atoms with van der Waals surface area (Å²) in [5, 5.41) is 3.99. The van der Waals surface area contributed by atoms with Crippen molar-refractivity contribution in [1.82, 2.24) is 14.7 Å².